The van der Waals surface area contributed by atoms with Crippen molar-refractivity contribution in [3.63, 3.8) is 0 Å². The van der Waals surface area contributed by atoms with Crippen LogP contribution in [0.2, 0.25) is 0 Å². The van der Waals surface area contributed by atoms with Gasteiger partial charge in [0.2, 0.25) is 0 Å². The molecule has 0 amide bonds. The number of aromatic nitrogens is 1. The third kappa shape index (κ3) is 2.48. The summed E-state index contributed by atoms with van der Waals surface area (Å²) in [6, 6.07) is 11.1. The zero-order chi connectivity index (χ0) is 13.9. The van der Waals surface area contributed by atoms with E-state index in [0.29, 0.717) is 5.92 Å². The lowest BCUT2D eigenvalue weighted by Gasteiger charge is -2.26. The van der Waals surface area contributed by atoms with Crippen LogP contribution in [-0.4, -0.2) is 12.0 Å². The normalized spacial score (nSPS) is 17.8. The highest BCUT2D eigenvalue weighted by atomic mass is 14.8. The SMILES string of the molecule is CNCc1ccc(C)c(C2CCCc3cccnc32)c1. The monoisotopic (exact) mass is 266 g/mol. The second kappa shape index (κ2) is 5.76. The number of fused-ring (bicyclic) bond motifs is 1. The zero-order valence-electron chi connectivity index (χ0n) is 12.3. The molecule has 1 atom stereocenters. The number of pyridine rings is 1. The van der Waals surface area contributed by atoms with Gasteiger partial charge in [-0.3, -0.25) is 4.98 Å². The molecule has 2 nitrogen and oxygen atoms in total. The van der Waals surface area contributed by atoms with Crippen molar-refractivity contribution < 1.29 is 0 Å². The van der Waals surface area contributed by atoms with E-state index in [-0.39, 0.29) is 0 Å². The molecule has 0 radical (unpaired) electrons. The molecular formula is C18H22N2. The maximum atomic E-state index is 4.68. The number of aryl methyl sites for hydroxylation is 2. The Bertz CT molecular complexity index is 604. The van der Waals surface area contributed by atoms with Gasteiger partial charge in [-0.05, 0) is 61.6 Å². The molecule has 0 bridgehead atoms. The number of nitrogens with zero attached hydrogens (tertiary/aromatic N) is 1. The number of hydrogen-bond acceptors (Lipinski definition) is 2. The Labute approximate surface area is 121 Å². The summed E-state index contributed by atoms with van der Waals surface area (Å²) in [6.45, 7) is 3.14. The highest BCUT2D eigenvalue weighted by Crippen LogP contribution is 2.36. The first-order valence-corrected chi connectivity index (χ1v) is 7.47. The molecule has 1 N–H and O–H groups in total. The maximum Gasteiger partial charge on any atom is 0.0510 e. The summed E-state index contributed by atoms with van der Waals surface area (Å²) in [5.74, 6) is 0.469. The van der Waals surface area contributed by atoms with E-state index in [9.17, 15) is 0 Å². The van der Waals surface area contributed by atoms with Gasteiger partial charge in [-0.15, -0.1) is 0 Å². The molecule has 3 rings (SSSR count). The van der Waals surface area contributed by atoms with Crippen LogP contribution in [0, 0.1) is 6.92 Å². The second-order valence-electron chi connectivity index (χ2n) is 5.71. The fourth-order valence-electron chi connectivity index (χ4n) is 3.29. The van der Waals surface area contributed by atoms with Gasteiger partial charge >= 0.3 is 0 Å². The average Bonchev–Trinajstić information content (AvgIpc) is 2.49. The molecule has 0 saturated heterocycles. The first kappa shape index (κ1) is 13.3. The van der Waals surface area contributed by atoms with Gasteiger partial charge in [0.05, 0.1) is 5.69 Å². The van der Waals surface area contributed by atoms with Crippen molar-refractivity contribution in [3.8, 4) is 0 Å². The summed E-state index contributed by atoms with van der Waals surface area (Å²) < 4.78 is 0. The fourth-order valence-corrected chi connectivity index (χ4v) is 3.29. The van der Waals surface area contributed by atoms with Crippen molar-refractivity contribution in [2.24, 2.45) is 0 Å². The first-order valence-electron chi connectivity index (χ1n) is 7.47. The van der Waals surface area contributed by atoms with Gasteiger partial charge < -0.3 is 5.32 Å². The van der Waals surface area contributed by atoms with Crippen LogP contribution in [0.25, 0.3) is 0 Å². The predicted octanol–water partition coefficient (Wildman–Crippen LogP) is 3.58. The lowest BCUT2D eigenvalue weighted by Crippen LogP contribution is -2.14. The Hall–Kier alpha value is -1.67. The van der Waals surface area contributed by atoms with Gasteiger partial charge in [-0.25, -0.2) is 0 Å². The maximum absolute atomic E-state index is 4.68. The third-order valence-corrected chi connectivity index (χ3v) is 4.30. The lowest BCUT2D eigenvalue weighted by molar-refractivity contribution is 0.596. The van der Waals surface area contributed by atoms with E-state index in [4.69, 9.17) is 0 Å². The first-order chi connectivity index (χ1) is 9.79. The van der Waals surface area contributed by atoms with Gasteiger partial charge in [0.25, 0.3) is 0 Å². The van der Waals surface area contributed by atoms with Crippen molar-refractivity contribution >= 4 is 0 Å². The molecular weight excluding hydrogens is 244 g/mol. The molecule has 1 aromatic heterocycles. The van der Waals surface area contributed by atoms with Crippen LogP contribution in [0.3, 0.4) is 0 Å². The van der Waals surface area contributed by atoms with Crippen molar-refractivity contribution in [1.29, 1.82) is 0 Å². The van der Waals surface area contributed by atoms with Crippen molar-refractivity contribution in [3.05, 3.63) is 64.5 Å². The van der Waals surface area contributed by atoms with E-state index in [1.807, 2.05) is 13.2 Å². The van der Waals surface area contributed by atoms with E-state index >= 15 is 0 Å². The molecule has 104 valence electrons. The van der Waals surface area contributed by atoms with Crippen molar-refractivity contribution in [1.82, 2.24) is 10.3 Å². The molecule has 1 aliphatic carbocycles. The third-order valence-electron chi connectivity index (χ3n) is 4.30. The van der Waals surface area contributed by atoms with Crippen LogP contribution in [0.1, 0.15) is 46.7 Å². The van der Waals surface area contributed by atoms with Gasteiger partial charge in [-0.2, -0.15) is 0 Å². The van der Waals surface area contributed by atoms with Crippen LogP contribution >= 0.6 is 0 Å². The smallest absolute Gasteiger partial charge is 0.0510 e. The summed E-state index contributed by atoms with van der Waals surface area (Å²) in [4.78, 5) is 4.68. The number of rotatable bonds is 3. The predicted molar refractivity (Wildman–Crippen MR) is 83.0 cm³/mol. The quantitative estimate of drug-likeness (QED) is 0.918. The van der Waals surface area contributed by atoms with Crippen molar-refractivity contribution in [2.45, 2.75) is 38.6 Å². The Morgan fingerprint density at radius 1 is 1.30 bits per heavy atom. The van der Waals surface area contributed by atoms with Crippen LogP contribution in [0.15, 0.2) is 36.5 Å². The fraction of sp³-hybridized carbons (Fsp3) is 0.389. The Kier molecular flexibility index (Phi) is 3.83. The van der Waals surface area contributed by atoms with Gasteiger partial charge in [-0.1, -0.05) is 24.3 Å². The van der Waals surface area contributed by atoms with Gasteiger partial charge in [0.1, 0.15) is 0 Å². The molecule has 1 aromatic carbocycles. The van der Waals surface area contributed by atoms with E-state index in [0.717, 1.165) is 6.54 Å². The molecule has 1 unspecified atom stereocenters. The molecule has 0 fully saturated rings. The van der Waals surface area contributed by atoms with Crippen molar-refractivity contribution in [2.75, 3.05) is 7.05 Å². The van der Waals surface area contributed by atoms with Gasteiger partial charge in [0.15, 0.2) is 0 Å². The standard InChI is InChI=1S/C18H22N2/c1-13-8-9-14(12-19-2)11-17(13)16-7-3-5-15-6-4-10-20-18(15)16/h4,6,8-11,16,19H,3,5,7,12H2,1-2H3. The van der Waals surface area contributed by atoms with E-state index < -0.39 is 0 Å². The molecule has 2 aromatic rings. The summed E-state index contributed by atoms with van der Waals surface area (Å²) in [5, 5.41) is 3.24. The summed E-state index contributed by atoms with van der Waals surface area (Å²) >= 11 is 0. The molecule has 1 heterocycles. The van der Waals surface area contributed by atoms with Crippen LogP contribution < -0.4 is 5.32 Å². The highest BCUT2D eigenvalue weighted by Gasteiger charge is 2.24. The summed E-state index contributed by atoms with van der Waals surface area (Å²) in [7, 11) is 2.00. The number of nitrogens with one attached hydrogen (secondary N) is 1. The highest BCUT2D eigenvalue weighted by molar-refractivity contribution is 5.41. The molecule has 0 saturated carbocycles. The minimum atomic E-state index is 0.469. The minimum absolute atomic E-state index is 0.469. The molecule has 0 aliphatic heterocycles. The van der Waals surface area contributed by atoms with Gasteiger partial charge in [0, 0.05) is 18.7 Å². The average molecular weight is 266 g/mol. The molecule has 0 spiro atoms. The molecule has 2 heteroatoms. The topological polar surface area (TPSA) is 24.9 Å². The second-order valence-corrected chi connectivity index (χ2v) is 5.71. The Morgan fingerprint density at radius 3 is 3.05 bits per heavy atom. The lowest BCUT2D eigenvalue weighted by atomic mass is 9.80. The largest absolute Gasteiger partial charge is 0.316 e. The zero-order valence-corrected chi connectivity index (χ0v) is 12.3. The van der Waals surface area contributed by atoms with E-state index in [1.165, 1.54) is 47.2 Å². The molecule has 20 heavy (non-hydrogen) atoms. The molecule has 1 aliphatic rings. The number of hydrogen-bond donors (Lipinski definition) is 1. The number of benzene rings is 1. The summed E-state index contributed by atoms with van der Waals surface area (Å²) in [6.07, 6.45) is 5.59. The Balaban J connectivity index is 2.03. The Morgan fingerprint density at radius 2 is 2.20 bits per heavy atom. The minimum Gasteiger partial charge on any atom is -0.316 e. The van der Waals surface area contributed by atoms with Crippen LogP contribution in [0.5, 0.6) is 0 Å². The van der Waals surface area contributed by atoms with Crippen LogP contribution in [0.4, 0.5) is 0 Å². The van der Waals surface area contributed by atoms with E-state index in [1.54, 1.807) is 0 Å². The van der Waals surface area contributed by atoms with E-state index in [2.05, 4.69) is 47.6 Å². The summed E-state index contributed by atoms with van der Waals surface area (Å²) in [5.41, 5.74) is 6.92. The van der Waals surface area contributed by atoms with Crippen LogP contribution in [-0.2, 0) is 13.0 Å².